The zero-order valence-electron chi connectivity index (χ0n) is 16.8. The van der Waals surface area contributed by atoms with Gasteiger partial charge in [-0.1, -0.05) is 6.07 Å². The molecule has 2 aliphatic heterocycles. The van der Waals surface area contributed by atoms with Crippen LogP contribution in [0.4, 0.5) is 5.69 Å². The van der Waals surface area contributed by atoms with Crippen molar-refractivity contribution < 1.29 is 4.79 Å². The second kappa shape index (κ2) is 7.03. The van der Waals surface area contributed by atoms with Gasteiger partial charge in [0.05, 0.1) is 11.9 Å². The number of rotatable bonds is 3. The summed E-state index contributed by atoms with van der Waals surface area (Å²) in [6.07, 6.45) is 6.68. The molecule has 6 nitrogen and oxygen atoms in total. The standard InChI is InChI=1S/C23H25N5O/c1-26(2)19-5-3-4-17(12-19)23(29)27-14-18-8-11-28-21(16-6-9-24-10-7-16)13-25-22(28)20(18)15-27/h3-7,9-10,12-13,18,20H,8,11,14-15H2,1-2H3/t18-,20-/m0/s1. The monoisotopic (exact) mass is 387 g/mol. The molecule has 1 saturated heterocycles. The molecular weight excluding hydrogens is 362 g/mol. The number of carbonyl (C=O) groups is 1. The topological polar surface area (TPSA) is 54.3 Å². The van der Waals surface area contributed by atoms with E-state index in [0.717, 1.165) is 54.4 Å². The molecule has 0 unspecified atom stereocenters. The molecule has 5 rings (SSSR count). The molecule has 1 amide bonds. The minimum absolute atomic E-state index is 0.121. The summed E-state index contributed by atoms with van der Waals surface area (Å²) in [4.78, 5) is 26.1. The minimum atomic E-state index is 0.121. The predicted molar refractivity (Wildman–Crippen MR) is 113 cm³/mol. The van der Waals surface area contributed by atoms with Gasteiger partial charge in [0, 0.05) is 68.9 Å². The molecule has 0 bridgehead atoms. The van der Waals surface area contributed by atoms with Crippen molar-refractivity contribution in [2.75, 3.05) is 32.1 Å². The largest absolute Gasteiger partial charge is 0.378 e. The molecule has 3 aromatic rings. The maximum absolute atomic E-state index is 13.2. The second-order valence-corrected chi connectivity index (χ2v) is 8.20. The Labute approximate surface area is 170 Å². The van der Waals surface area contributed by atoms with Crippen LogP contribution in [-0.4, -0.2) is 52.5 Å². The van der Waals surface area contributed by atoms with E-state index in [2.05, 4.69) is 9.55 Å². The summed E-state index contributed by atoms with van der Waals surface area (Å²) in [5, 5.41) is 0. The number of anilines is 1. The number of benzene rings is 1. The number of fused-ring (bicyclic) bond motifs is 3. The molecule has 0 radical (unpaired) electrons. The highest BCUT2D eigenvalue weighted by Crippen LogP contribution is 2.40. The van der Waals surface area contributed by atoms with Gasteiger partial charge in [0.25, 0.3) is 5.91 Å². The molecule has 6 heteroatoms. The van der Waals surface area contributed by atoms with Crippen LogP contribution >= 0.6 is 0 Å². The Bertz CT molecular complexity index is 1040. The quantitative estimate of drug-likeness (QED) is 0.692. The minimum Gasteiger partial charge on any atom is -0.378 e. The van der Waals surface area contributed by atoms with Crippen LogP contribution in [0.5, 0.6) is 0 Å². The Morgan fingerprint density at radius 2 is 1.97 bits per heavy atom. The second-order valence-electron chi connectivity index (χ2n) is 8.20. The Kier molecular flexibility index (Phi) is 4.34. The maximum Gasteiger partial charge on any atom is 0.253 e. The van der Waals surface area contributed by atoms with Crippen molar-refractivity contribution in [2.24, 2.45) is 5.92 Å². The summed E-state index contributed by atoms with van der Waals surface area (Å²) in [5.74, 6) is 2.03. The fraction of sp³-hybridized carbons (Fsp3) is 0.348. The van der Waals surface area contributed by atoms with Crippen molar-refractivity contribution in [1.82, 2.24) is 19.4 Å². The fourth-order valence-electron chi connectivity index (χ4n) is 4.69. The highest BCUT2D eigenvalue weighted by atomic mass is 16.2. The molecule has 0 aliphatic carbocycles. The lowest BCUT2D eigenvalue weighted by Crippen LogP contribution is -2.29. The molecular formula is C23H25N5O. The Morgan fingerprint density at radius 3 is 2.76 bits per heavy atom. The SMILES string of the molecule is CN(C)c1cccc(C(=O)N2C[C@@H]3CCn4c(-c5ccncc5)cnc4[C@H]3C2)c1. The van der Waals surface area contributed by atoms with Crippen LogP contribution in [0.3, 0.4) is 0 Å². The van der Waals surface area contributed by atoms with E-state index in [1.165, 1.54) is 0 Å². The Morgan fingerprint density at radius 1 is 1.14 bits per heavy atom. The number of hydrogen-bond acceptors (Lipinski definition) is 4. The molecule has 0 spiro atoms. The third kappa shape index (κ3) is 3.09. The Hall–Kier alpha value is -3.15. The van der Waals surface area contributed by atoms with Crippen LogP contribution in [0.15, 0.2) is 55.0 Å². The summed E-state index contributed by atoms with van der Waals surface area (Å²) in [6.45, 7) is 2.50. The first-order valence-corrected chi connectivity index (χ1v) is 10.1. The summed E-state index contributed by atoms with van der Waals surface area (Å²) in [6, 6.07) is 11.9. The number of imidazole rings is 1. The molecule has 2 aliphatic rings. The van der Waals surface area contributed by atoms with E-state index in [-0.39, 0.29) is 5.91 Å². The van der Waals surface area contributed by atoms with Crippen molar-refractivity contribution in [3.63, 3.8) is 0 Å². The smallest absolute Gasteiger partial charge is 0.253 e. The normalized spacial score (nSPS) is 20.3. The third-order valence-corrected chi connectivity index (χ3v) is 6.26. The lowest BCUT2D eigenvalue weighted by molar-refractivity contribution is 0.0786. The van der Waals surface area contributed by atoms with E-state index in [1.54, 1.807) is 0 Å². The summed E-state index contributed by atoms with van der Waals surface area (Å²) in [5.41, 5.74) is 4.09. The number of nitrogens with zero attached hydrogens (tertiary/aromatic N) is 5. The van der Waals surface area contributed by atoms with Gasteiger partial charge >= 0.3 is 0 Å². The molecule has 4 heterocycles. The number of aromatic nitrogens is 3. The van der Waals surface area contributed by atoms with Crippen LogP contribution in [0.2, 0.25) is 0 Å². The molecule has 1 aromatic carbocycles. The first-order valence-electron chi connectivity index (χ1n) is 10.1. The van der Waals surface area contributed by atoms with E-state index < -0.39 is 0 Å². The van der Waals surface area contributed by atoms with Gasteiger partial charge < -0.3 is 14.4 Å². The van der Waals surface area contributed by atoms with Gasteiger partial charge in [0.2, 0.25) is 0 Å². The van der Waals surface area contributed by atoms with E-state index in [1.807, 2.05) is 78.9 Å². The summed E-state index contributed by atoms with van der Waals surface area (Å²) < 4.78 is 2.33. The van der Waals surface area contributed by atoms with Gasteiger partial charge in [-0.15, -0.1) is 0 Å². The van der Waals surface area contributed by atoms with Crippen LogP contribution in [0, 0.1) is 5.92 Å². The number of hydrogen-bond donors (Lipinski definition) is 0. The highest BCUT2D eigenvalue weighted by Gasteiger charge is 2.41. The van der Waals surface area contributed by atoms with E-state index >= 15 is 0 Å². The van der Waals surface area contributed by atoms with Crippen LogP contribution in [-0.2, 0) is 6.54 Å². The van der Waals surface area contributed by atoms with Crippen LogP contribution in [0.25, 0.3) is 11.3 Å². The lowest BCUT2D eigenvalue weighted by Gasteiger charge is -2.26. The zero-order valence-corrected chi connectivity index (χ0v) is 16.8. The van der Waals surface area contributed by atoms with Gasteiger partial charge in [-0.2, -0.15) is 0 Å². The first kappa shape index (κ1) is 17.9. The lowest BCUT2D eigenvalue weighted by atomic mass is 9.89. The molecule has 2 atom stereocenters. The summed E-state index contributed by atoms with van der Waals surface area (Å²) >= 11 is 0. The van der Waals surface area contributed by atoms with Crippen molar-refractivity contribution in [3.05, 3.63) is 66.4 Å². The summed E-state index contributed by atoms with van der Waals surface area (Å²) in [7, 11) is 3.99. The average molecular weight is 387 g/mol. The van der Waals surface area contributed by atoms with E-state index in [9.17, 15) is 4.79 Å². The van der Waals surface area contributed by atoms with Crippen LogP contribution in [0.1, 0.15) is 28.5 Å². The number of amides is 1. The van der Waals surface area contributed by atoms with Gasteiger partial charge in [-0.05, 0) is 42.7 Å². The van der Waals surface area contributed by atoms with E-state index in [4.69, 9.17) is 4.98 Å². The zero-order chi connectivity index (χ0) is 20.0. The molecule has 29 heavy (non-hydrogen) atoms. The average Bonchev–Trinajstić information content (AvgIpc) is 3.38. The predicted octanol–water partition coefficient (Wildman–Crippen LogP) is 3.27. The van der Waals surface area contributed by atoms with Gasteiger partial charge in [-0.25, -0.2) is 4.98 Å². The van der Waals surface area contributed by atoms with Crippen molar-refractivity contribution >= 4 is 11.6 Å². The fourth-order valence-corrected chi connectivity index (χ4v) is 4.69. The van der Waals surface area contributed by atoms with Crippen molar-refractivity contribution in [1.29, 1.82) is 0 Å². The molecule has 0 saturated carbocycles. The van der Waals surface area contributed by atoms with Gasteiger partial charge in [0.15, 0.2) is 0 Å². The van der Waals surface area contributed by atoms with Crippen molar-refractivity contribution in [2.45, 2.75) is 18.9 Å². The van der Waals surface area contributed by atoms with Gasteiger partial charge in [-0.3, -0.25) is 9.78 Å². The van der Waals surface area contributed by atoms with Crippen molar-refractivity contribution in [3.8, 4) is 11.3 Å². The first-order chi connectivity index (χ1) is 14.1. The van der Waals surface area contributed by atoms with Gasteiger partial charge in [0.1, 0.15) is 5.82 Å². The highest BCUT2D eigenvalue weighted by molar-refractivity contribution is 5.95. The molecule has 0 N–H and O–H groups in total. The molecule has 148 valence electrons. The Balaban J connectivity index is 1.40. The number of pyridine rings is 1. The number of carbonyl (C=O) groups excluding carboxylic acids is 1. The van der Waals surface area contributed by atoms with Crippen LogP contribution < -0.4 is 4.90 Å². The molecule has 1 fully saturated rings. The van der Waals surface area contributed by atoms with E-state index in [0.29, 0.717) is 11.8 Å². The third-order valence-electron chi connectivity index (χ3n) is 6.26. The number of likely N-dealkylation sites (tertiary alicyclic amines) is 1. The maximum atomic E-state index is 13.2. The molecule has 2 aromatic heterocycles.